The SMILES string of the molecule is COc1ccccc1CCNCCC(=O)Nc1cc(Cl)cc(Cl)c1. The van der Waals surface area contributed by atoms with Crippen molar-refractivity contribution in [1.29, 1.82) is 0 Å². The second kappa shape index (κ2) is 9.52. The third-order valence-corrected chi connectivity index (χ3v) is 3.88. The van der Waals surface area contributed by atoms with Gasteiger partial charge in [0.05, 0.1) is 7.11 Å². The predicted octanol–water partition coefficient (Wildman–Crippen LogP) is 4.16. The first-order valence-electron chi connectivity index (χ1n) is 7.67. The first-order chi connectivity index (χ1) is 11.6. The lowest BCUT2D eigenvalue weighted by atomic mass is 10.1. The van der Waals surface area contributed by atoms with E-state index >= 15 is 0 Å². The zero-order valence-corrected chi connectivity index (χ0v) is 15.0. The Morgan fingerprint density at radius 1 is 1.08 bits per heavy atom. The third kappa shape index (κ3) is 6.04. The monoisotopic (exact) mass is 366 g/mol. The van der Waals surface area contributed by atoms with Crippen LogP contribution < -0.4 is 15.4 Å². The summed E-state index contributed by atoms with van der Waals surface area (Å²) >= 11 is 11.8. The second-order valence-corrected chi connectivity index (χ2v) is 6.14. The quantitative estimate of drug-likeness (QED) is 0.689. The van der Waals surface area contributed by atoms with E-state index in [0.29, 0.717) is 28.7 Å². The molecule has 0 aliphatic rings. The van der Waals surface area contributed by atoms with Gasteiger partial charge in [-0.3, -0.25) is 4.79 Å². The van der Waals surface area contributed by atoms with Crippen LogP contribution in [0.4, 0.5) is 5.69 Å². The third-order valence-electron chi connectivity index (χ3n) is 3.44. The average Bonchev–Trinajstić information content (AvgIpc) is 2.54. The van der Waals surface area contributed by atoms with E-state index in [1.54, 1.807) is 25.3 Å². The molecule has 2 aromatic rings. The molecule has 2 aromatic carbocycles. The standard InChI is InChI=1S/C18H20Cl2N2O2/c1-24-17-5-3-2-4-13(17)6-8-21-9-7-18(23)22-16-11-14(19)10-15(20)12-16/h2-5,10-12,21H,6-9H2,1H3,(H,22,23). The highest BCUT2D eigenvalue weighted by Gasteiger charge is 2.05. The van der Waals surface area contributed by atoms with E-state index in [2.05, 4.69) is 10.6 Å². The van der Waals surface area contributed by atoms with Crippen molar-refractivity contribution < 1.29 is 9.53 Å². The highest BCUT2D eigenvalue weighted by atomic mass is 35.5. The largest absolute Gasteiger partial charge is 0.496 e. The van der Waals surface area contributed by atoms with Gasteiger partial charge >= 0.3 is 0 Å². The lowest BCUT2D eigenvalue weighted by Crippen LogP contribution is -2.23. The van der Waals surface area contributed by atoms with Crippen molar-refractivity contribution in [2.45, 2.75) is 12.8 Å². The van der Waals surface area contributed by atoms with Crippen molar-refractivity contribution in [3.8, 4) is 5.75 Å². The van der Waals surface area contributed by atoms with Gasteiger partial charge in [0.1, 0.15) is 5.75 Å². The Morgan fingerprint density at radius 2 is 1.79 bits per heavy atom. The minimum atomic E-state index is -0.0851. The van der Waals surface area contributed by atoms with Gasteiger partial charge in [-0.15, -0.1) is 0 Å². The second-order valence-electron chi connectivity index (χ2n) is 5.27. The summed E-state index contributed by atoms with van der Waals surface area (Å²) in [6.07, 6.45) is 1.21. The first-order valence-corrected chi connectivity index (χ1v) is 8.42. The fourth-order valence-electron chi connectivity index (χ4n) is 2.31. The number of amides is 1. The normalized spacial score (nSPS) is 10.5. The Bertz CT molecular complexity index is 672. The maximum absolute atomic E-state index is 11.9. The van der Waals surface area contributed by atoms with Crippen molar-refractivity contribution in [3.05, 3.63) is 58.1 Å². The number of carbonyl (C=O) groups excluding carboxylic acids is 1. The van der Waals surface area contributed by atoms with Crippen molar-refractivity contribution >= 4 is 34.8 Å². The highest BCUT2D eigenvalue weighted by molar-refractivity contribution is 6.35. The number of para-hydroxylation sites is 1. The molecule has 4 nitrogen and oxygen atoms in total. The molecule has 0 saturated heterocycles. The minimum Gasteiger partial charge on any atom is -0.496 e. The number of hydrogen-bond donors (Lipinski definition) is 2. The molecule has 0 radical (unpaired) electrons. The first kappa shape index (κ1) is 18.6. The smallest absolute Gasteiger partial charge is 0.225 e. The number of methoxy groups -OCH3 is 1. The molecule has 0 fully saturated rings. The Morgan fingerprint density at radius 3 is 2.50 bits per heavy atom. The van der Waals surface area contributed by atoms with Crippen LogP contribution in [-0.2, 0) is 11.2 Å². The van der Waals surface area contributed by atoms with Crippen molar-refractivity contribution in [2.75, 3.05) is 25.5 Å². The van der Waals surface area contributed by atoms with Gasteiger partial charge in [0, 0.05) is 28.7 Å². The molecule has 0 unspecified atom stereocenters. The maximum Gasteiger partial charge on any atom is 0.225 e. The fourth-order valence-corrected chi connectivity index (χ4v) is 2.84. The van der Waals surface area contributed by atoms with E-state index in [1.165, 1.54) is 0 Å². The molecule has 6 heteroatoms. The summed E-state index contributed by atoms with van der Waals surface area (Å²) in [5.41, 5.74) is 1.75. The van der Waals surface area contributed by atoms with Gasteiger partial charge < -0.3 is 15.4 Å². The highest BCUT2D eigenvalue weighted by Crippen LogP contribution is 2.22. The van der Waals surface area contributed by atoms with Gasteiger partial charge in [0.25, 0.3) is 0 Å². The van der Waals surface area contributed by atoms with Crippen molar-refractivity contribution in [3.63, 3.8) is 0 Å². The van der Waals surface area contributed by atoms with Crippen molar-refractivity contribution in [1.82, 2.24) is 5.32 Å². The summed E-state index contributed by atoms with van der Waals surface area (Å²) in [5.74, 6) is 0.799. The van der Waals surface area contributed by atoms with Crippen LogP contribution in [0.25, 0.3) is 0 Å². The van der Waals surface area contributed by atoms with Crippen LogP contribution in [-0.4, -0.2) is 26.1 Å². The molecule has 0 aromatic heterocycles. The average molecular weight is 367 g/mol. The van der Waals surface area contributed by atoms with Crippen LogP contribution in [0.5, 0.6) is 5.75 Å². The Kier molecular flexibility index (Phi) is 7.37. The summed E-state index contributed by atoms with van der Waals surface area (Å²) in [5, 5.41) is 7.03. The molecule has 2 N–H and O–H groups in total. The molecule has 0 bridgehead atoms. The molecule has 0 aliphatic heterocycles. The van der Waals surface area contributed by atoms with E-state index in [1.807, 2.05) is 24.3 Å². The topological polar surface area (TPSA) is 50.4 Å². The molecular formula is C18H20Cl2N2O2. The Labute approximate surface area is 152 Å². The zero-order valence-electron chi connectivity index (χ0n) is 13.4. The van der Waals surface area contributed by atoms with Crippen molar-refractivity contribution in [2.24, 2.45) is 0 Å². The number of nitrogens with one attached hydrogen (secondary N) is 2. The molecule has 2 rings (SSSR count). The number of ether oxygens (including phenoxy) is 1. The van der Waals surface area contributed by atoms with Gasteiger partial charge in [0.2, 0.25) is 5.91 Å². The number of rotatable bonds is 8. The number of carbonyl (C=O) groups is 1. The van der Waals surface area contributed by atoms with E-state index in [-0.39, 0.29) is 5.91 Å². The molecule has 128 valence electrons. The van der Waals surface area contributed by atoms with Crippen LogP contribution in [0, 0.1) is 0 Å². The molecule has 0 heterocycles. The van der Waals surface area contributed by atoms with Gasteiger partial charge in [-0.1, -0.05) is 41.4 Å². The number of halogens is 2. The van der Waals surface area contributed by atoms with E-state index in [0.717, 1.165) is 24.3 Å². The minimum absolute atomic E-state index is 0.0851. The molecular weight excluding hydrogens is 347 g/mol. The van der Waals surface area contributed by atoms with Gasteiger partial charge in [0.15, 0.2) is 0 Å². The summed E-state index contributed by atoms with van der Waals surface area (Å²) in [7, 11) is 1.67. The summed E-state index contributed by atoms with van der Waals surface area (Å²) < 4.78 is 5.31. The number of anilines is 1. The Hall–Kier alpha value is -1.75. The fraction of sp³-hybridized carbons (Fsp3) is 0.278. The van der Waals surface area contributed by atoms with E-state index in [9.17, 15) is 4.79 Å². The van der Waals surface area contributed by atoms with Crippen LogP contribution in [0.3, 0.4) is 0 Å². The molecule has 1 amide bonds. The van der Waals surface area contributed by atoms with Gasteiger partial charge in [-0.05, 0) is 42.8 Å². The van der Waals surface area contributed by atoms with Crippen LogP contribution in [0.15, 0.2) is 42.5 Å². The predicted molar refractivity (Wildman–Crippen MR) is 99.3 cm³/mol. The lowest BCUT2D eigenvalue weighted by Gasteiger charge is -2.09. The molecule has 0 spiro atoms. The lowest BCUT2D eigenvalue weighted by molar-refractivity contribution is -0.116. The van der Waals surface area contributed by atoms with E-state index < -0.39 is 0 Å². The Balaban J connectivity index is 1.69. The summed E-state index contributed by atoms with van der Waals surface area (Å²) in [6, 6.07) is 12.9. The molecule has 24 heavy (non-hydrogen) atoms. The van der Waals surface area contributed by atoms with Crippen LogP contribution in [0.1, 0.15) is 12.0 Å². The van der Waals surface area contributed by atoms with Gasteiger partial charge in [-0.2, -0.15) is 0 Å². The maximum atomic E-state index is 11.9. The zero-order chi connectivity index (χ0) is 17.4. The van der Waals surface area contributed by atoms with Gasteiger partial charge in [-0.25, -0.2) is 0 Å². The number of hydrogen-bond acceptors (Lipinski definition) is 3. The van der Waals surface area contributed by atoms with Crippen LogP contribution >= 0.6 is 23.2 Å². The summed E-state index contributed by atoms with van der Waals surface area (Å²) in [6.45, 7) is 1.37. The van der Waals surface area contributed by atoms with Crippen LogP contribution in [0.2, 0.25) is 10.0 Å². The van der Waals surface area contributed by atoms with E-state index in [4.69, 9.17) is 27.9 Å². The molecule has 0 saturated carbocycles. The molecule has 0 aliphatic carbocycles. The summed E-state index contributed by atoms with van der Waals surface area (Å²) in [4.78, 5) is 11.9. The molecule has 0 atom stereocenters. The number of benzene rings is 2.